The molecule has 2 heterocycles. The molecule has 0 aromatic carbocycles. The van der Waals surface area contributed by atoms with E-state index in [-0.39, 0.29) is 12.1 Å². The summed E-state index contributed by atoms with van der Waals surface area (Å²) in [5, 5.41) is 0. The van der Waals surface area contributed by atoms with Crippen molar-refractivity contribution in [2.75, 3.05) is 13.7 Å². The van der Waals surface area contributed by atoms with Crippen molar-refractivity contribution in [2.24, 2.45) is 0 Å². The van der Waals surface area contributed by atoms with Crippen molar-refractivity contribution in [1.82, 2.24) is 9.88 Å². The average Bonchev–Trinajstić information content (AvgIpc) is 2.49. The second kappa shape index (κ2) is 3.05. The van der Waals surface area contributed by atoms with Gasteiger partial charge in [-0.05, 0) is 11.6 Å². The highest BCUT2D eigenvalue weighted by atomic mass is 16.6. The molecule has 0 aliphatic carbocycles. The number of carbonyl (C=O) groups excluding carboxylic acids is 1. The van der Waals surface area contributed by atoms with Crippen LogP contribution in [0.3, 0.4) is 0 Å². The van der Waals surface area contributed by atoms with Crippen LogP contribution in [0.15, 0.2) is 24.5 Å². The van der Waals surface area contributed by atoms with Crippen molar-refractivity contribution in [3.05, 3.63) is 30.1 Å². The number of pyridine rings is 1. The van der Waals surface area contributed by atoms with Gasteiger partial charge < -0.3 is 9.64 Å². The average molecular weight is 178 g/mol. The minimum Gasteiger partial charge on any atom is -0.447 e. The maximum absolute atomic E-state index is 11.0. The Balaban J connectivity index is 2.24. The van der Waals surface area contributed by atoms with Gasteiger partial charge in [-0.2, -0.15) is 0 Å². The van der Waals surface area contributed by atoms with E-state index >= 15 is 0 Å². The number of likely N-dealkylation sites (N-methyl/N-ethyl adjacent to an activating group) is 1. The van der Waals surface area contributed by atoms with Crippen LogP contribution < -0.4 is 0 Å². The lowest BCUT2D eigenvalue weighted by Crippen LogP contribution is -2.22. The molecule has 1 aliphatic rings. The van der Waals surface area contributed by atoms with E-state index in [1.807, 2.05) is 12.1 Å². The fraction of sp³-hybridized carbons (Fsp3) is 0.333. The van der Waals surface area contributed by atoms with Gasteiger partial charge in [0.2, 0.25) is 0 Å². The van der Waals surface area contributed by atoms with Crippen LogP contribution >= 0.6 is 0 Å². The molecule has 4 heteroatoms. The molecule has 1 aromatic rings. The van der Waals surface area contributed by atoms with Gasteiger partial charge in [0.15, 0.2) is 0 Å². The molecule has 1 saturated heterocycles. The molecular weight excluding hydrogens is 168 g/mol. The summed E-state index contributed by atoms with van der Waals surface area (Å²) < 4.78 is 4.89. The molecule has 1 aliphatic heterocycles. The zero-order valence-corrected chi connectivity index (χ0v) is 7.30. The molecule has 68 valence electrons. The Kier molecular flexibility index (Phi) is 1.88. The van der Waals surface area contributed by atoms with E-state index in [0.717, 1.165) is 5.56 Å². The van der Waals surface area contributed by atoms with E-state index in [0.29, 0.717) is 6.61 Å². The van der Waals surface area contributed by atoms with Gasteiger partial charge >= 0.3 is 6.09 Å². The lowest BCUT2D eigenvalue weighted by molar-refractivity contribution is 0.163. The first kappa shape index (κ1) is 8.04. The summed E-state index contributed by atoms with van der Waals surface area (Å²) >= 11 is 0. The van der Waals surface area contributed by atoms with Gasteiger partial charge in [0.25, 0.3) is 0 Å². The molecule has 2 rings (SSSR count). The Bertz CT molecular complexity index is 313. The third kappa shape index (κ3) is 1.35. The van der Waals surface area contributed by atoms with Crippen molar-refractivity contribution < 1.29 is 9.53 Å². The standard InChI is InChI=1S/C9H10N2O2/c1-11-8(6-13-9(11)12)7-3-2-4-10-5-7/h2-5,8H,6H2,1H3. The summed E-state index contributed by atoms with van der Waals surface area (Å²) in [6, 6.07) is 3.81. The van der Waals surface area contributed by atoms with E-state index in [4.69, 9.17) is 4.74 Å². The Labute approximate surface area is 76.1 Å². The van der Waals surface area contributed by atoms with Gasteiger partial charge in [-0.25, -0.2) is 4.79 Å². The highest BCUT2D eigenvalue weighted by Gasteiger charge is 2.30. The number of aromatic nitrogens is 1. The largest absolute Gasteiger partial charge is 0.447 e. The van der Waals surface area contributed by atoms with Crippen LogP contribution in [-0.2, 0) is 4.74 Å². The summed E-state index contributed by atoms with van der Waals surface area (Å²) in [4.78, 5) is 16.6. The molecule has 1 unspecified atom stereocenters. The predicted octanol–water partition coefficient (Wildman–Crippen LogP) is 1.20. The highest BCUT2D eigenvalue weighted by Crippen LogP contribution is 2.24. The van der Waals surface area contributed by atoms with Crippen molar-refractivity contribution >= 4 is 6.09 Å². The molecule has 0 N–H and O–H groups in total. The van der Waals surface area contributed by atoms with Crippen LogP contribution in [0, 0.1) is 0 Å². The lowest BCUT2D eigenvalue weighted by atomic mass is 10.1. The monoisotopic (exact) mass is 178 g/mol. The number of hydrogen-bond donors (Lipinski definition) is 0. The molecule has 4 nitrogen and oxygen atoms in total. The first-order valence-corrected chi connectivity index (χ1v) is 4.08. The van der Waals surface area contributed by atoms with Crippen molar-refractivity contribution in [2.45, 2.75) is 6.04 Å². The summed E-state index contributed by atoms with van der Waals surface area (Å²) in [5.74, 6) is 0. The first-order chi connectivity index (χ1) is 6.29. The maximum atomic E-state index is 11.0. The van der Waals surface area contributed by atoms with E-state index in [9.17, 15) is 4.79 Å². The predicted molar refractivity (Wildman–Crippen MR) is 46.1 cm³/mol. The Morgan fingerprint density at radius 3 is 3.08 bits per heavy atom. The quantitative estimate of drug-likeness (QED) is 0.649. The number of nitrogens with zero attached hydrogens (tertiary/aromatic N) is 2. The van der Waals surface area contributed by atoms with Crippen molar-refractivity contribution in [1.29, 1.82) is 0 Å². The Morgan fingerprint density at radius 2 is 2.54 bits per heavy atom. The summed E-state index contributed by atoms with van der Waals surface area (Å²) in [6.07, 6.45) is 3.19. The third-order valence-corrected chi connectivity index (χ3v) is 2.19. The van der Waals surface area contributed by atoms with Crippen molar-refractivity contribution in [3.63, 3.8) is 0 Å². The van der Waals surface area contributed by atoms with Crippen LogP contribution in [0.25, 0.3) is 0 Å². The van der Waals surface area contributed by atoms with E-state index in [2.05, 4.69) is 4.98 Å². The second-order valence-electron chi connectivity index (χ2n) is 2.99. The Hall–Kier alpha value is -1.58. The molecule has 0 spiro atoms. The number of carbonyl (C=O) groups is 1. The molecule has 1 aromatic heterocycles. The molecule has 0 bridgehead atoms. The lowest BCUT2D eigenvalue weighted by Gasteiger charge is -2.15. The van der Waals surface area contributed by atoms with E-state index in [1.165, 1.54) is 0 Å². The maximum Gasteiger partial charge on any atom is 0.410 e. The molecule has 1 fully saturated rings. The number of ether oxygens (including phenoxy) is 1. The van der Waals surface area contributed by atoms with Crippen LogP contribution in [0.4, 0.5) is 4.79 Å². The minimum atomic E-state index is -0.270. The molecule has 0 radical (unpaired) electrons. The number of rotatable bonds is 1. The minimum absolute atomic E-state index is 0.0150. The molecule has 0 saturated carbocycles. The number of hydrogen-bond acceptors (Lipinski definition) is 3. The summed E-state index contributed by atoms with van der Waals surface area (Å²) in [5.41, 5.74) is 1.01. The van der Waals surface area contributed by atoms with Gasteiger partial charge in [0, 0.05) is 19.4 Å². The number of cyclic esters (lactones) is 1. The van der Waals surface area contributed by atoms with Gasteiger partial charge in [0.05, 0.1) is 6.04 Å². The molecule has 1 atom stereocenters. The normalized spacial score (nSPS) is 21.8. The van der Waals surface area contributed by atoms with Gasteiger partial charge in [-0.3, -0.25) is 4.98 Å². The second-order valence-corrected chi connectivity index (χ2v) is 2.99. The van der Waals surface area contributed by atoms with Gasteiger partial charge in [0.1, 0.15) is 6.61 Å². The SMILES string of the molecule is CN1C(=O)OCC1c1cccnc1. The first-order valence-electron chi connectivity index (χ1n) is 4.08. The molecular formula is C9H10N2O2. The fourth-order valence-corrected chi connectivity index (χ4v) is 1.38. The van der Waals surface area contributed by atoms with Crippen LogP contribution in [0.2, 0.25) is 0 Å². The third-order valence-electron chi connectivity index (χ3n) is 2.19. The fourth-order valence-electron chi connectivity index (χ4n) is 1.38. The zero-order valence-electron chi connectivity index (χ0n) is 7.30. The van der Waals surface area contributed by atoms with E-state index in [1.54, 1.807) is 24.3 Å². The molecule has 1 amide bonds. The number of amides is 1. The smallest absolute Gasteiger partial charge is 0.410 e. The summed E-state index contributed by atoms with van der Waals surface area (Å²) in [7, 11) is 1.73. The highest BCUT2D eigenvalue weighted by molar-refractivity contribution is 5.70. The van der Waals surface area contributed by atoms with Crippen molar-refractivity contribution in [3.8, 4) is 0 Å². The van der Waals surface area contributed by atoms with Gasteiger partial charge in [-0.1, -0.05) is 6.07 Å². The van der Waals surface area contributed by atoms with Crippen LogP contribution in [-0.4, -0.2) is 29.6 Å². The van der Waals surface area contributed by atoms with Crippen LogP contribution in [0.1, 0.15) is 11.6 Å². The van der Waals surface area contributed by atoms with E-state index < -0.39 is 0 Å². The molecule has 13 heavy (non-hydrogen) atoms. The van der Waals surface area contributed by atoms with Crippen LogP contribution in [0.5, 0.6) is 0 Å². The summed E-state index contributed by atoms with van der Waals surface area (Å²) in [6.45, 7) is 0.418. The van der Waals surface area contributed by atoms with Gasteiger partial charge in [-0.15, -0.1) is 0 Å². The topological polar surface area (TPSA) is 42.4 Å². The Morgan fingerprint density at radius 1 is 1.69 bits per heavy atom. The zero-order chi connectivity index (χ0) is 9.26.